The number of aryl methyl sites for hydroxylation is 1. The third-order valence-corrected chi connectivity index (χ3v) is 3.42. The zero-order valence-corrected chi connectivity index (χ0v) is 13.8. The molecular formula is C18H21NO4. The van der Waals surface area contributed by atoms with Gasteiger partial charge in [0.25, 0.3) is 5.91 Å². The summed E-state index contributed by atoms with van der Waals surface area (Å²) in [6, 6.07) is 12.8. The van der Waals surface area contributed by atoms with E-state index < -0.39 is 6.10 Å². The average Bonchev–Trinajstić information content (AvgIpc) is 2.56. The molecule has 122 valence electrons. The Kier molecular flexibility index (Phi) is 5.46. The van der Waals surface area contributed by atoms with E-state index in [1.807, 2.05) is 31.2 Å². The Morgan fingerprint density at radius 2 is 1.70 bits per heavy atom. The lowest BCUT2D eigenvalue weighted by molar-refractivity contribution is -0.122. The minimum Gasteiger partial charge on any atom is -0.493 e. The summed E-state index contributed by atoms with van der Waals surface area (Å²) in [5.41, 5.74) is 1.60. The van der Waals surface area contributed by atoms with Crippen LogP contribution >= 0.6 is 0 Å². The maximum Gasteiger partial charge on any atom is 0.265 e. The molecule has 5 nitrogen and oxygen atoms in total. The van der Waals surface area contributed by atoms with Gasteiger partial charge in [-0.25, -0.2) is 0 Å². The summed E-state index contributed by atoms with van der Waals surface area (Å²) in [5, 5.41) is 2.81. The van der Waals surface area contributed by atoms with Gasteiger partial charge in [-0.2, -0.15) is 0 Å². The fourth-order valence-corrected chi connectivity index (χ4v) is 2.09. The molecule has 5 heteroatoms. The molecule has 0 fully saturated rings. The number of nitrogens with one attached hydrogen (secondary N) is 1. The number of carbonyl (C=O) groups excluding carboxylic acids is 1. The summed E-state index contributed by atoms with van der Waals surface area (Å²) in [5.74, 6) is 1.62. The lowest BCUT2D eigenvalue weighted by Crippen LogP contribution is -2.30. The summed E-state index contributed by atoms with van der Waals surface area (Å²) in [6.45, 7) is 3.65. The number of para-hydroxylation sites is 1. The van der Waals surface area contributed by atoms with Crippen LogP contribution < -0.4 is 19.5 Å². The van der Waals surface area contributed by atoms with Crippen molar-refractivity contribution in [2.24, 2.45) is 0 Å². The molecule has 1 N–H and O–H groups in total. The Bertz CT molecular complexity index is 684. The van der Waals surface area contributed by atoms with Crippen molar-refractivity contribution in [1.29, 1.82) is 0 Å². The van der Waals surface area contributed by atoms with Crippen LogP contribution in [0.3, 0.4) is 0 Å². The molecule has 0 radical (unpaired) electrons. The maximum atomic E-state index is 12.3. The normalized spacial score (nSPS) is 11.5. The van der Waals surface area contributed by atoms with Gasteiger partial charge < -0.3 is 19.5 Å². The van der Waals surface area contributed by atoms with Crippen molar-refractivity contribution < 1.29 is 19.0 Å². The number of hydrogen-bond donors (Lipinski definition) is 1. The Morgan fingerprint density at radius 3 is 2.35 bits per heavy atom. The topological polar surface area (TPSA) is 56.8 Å². The minimum absolute atomic E-state index is 0.236. The third-order valence-electron chi connectivity index (χ3n) is 3.42. The van der Waals surface area contributed by atoms with Crippen LogP contribution in [0.15, 0.2) is 42.5 Å². The molecule has 23 heavy (non-hydrogen) atoms. The highest BCUT2D eigenvalue weighted by Crippen LogP contribution is 2.29. The molecule has 1 amide bonds. The van der Waals surface area contributed by atoms with E-state index in [2.05, 4.69) is 5.32 Å². The van der Waals surface area contributed by atoms with Gasteiger partial charge >= 0.3 is 0 Å². The number of benzene rings is 2. The molecule has 0 heterocycles. The van der Waals surface area contributed by atoms with Crippen molar-refractivity contribution in [3.63, 3.8) is 0 Å². The quantitative estimate of drug-likeness (QED) is 0.887. The molecule has 0 aliphatic carbocycles. The smallest absolute Gasteiger partial charge is 0.265 e. The summed E-state index contributed by atoms with van der Waals surface area (Å²) in [6.07, 6.45) is -0.621. The van der Waals surface area contributed by atoms with Crippen LogP contribution in [0.4, 0.5) is 5.69 Å². The van der Waals surface area contributed by atoms with Crippen molar-refractivity contribution in [1.82, 2.24) is 0 Å². The van der Waals surface area contributed by atoms with Gasteiger partial charge in [0.2, 0.25) is 0 Å². The molecule has 0 spiro atoms. The molecule has 0 aliphatic rings. The number of hydrogen-bond acceptors (Lipinski definition) is 4. The summed E-state index contributed by atoms with van der Waals surface area (Å²) in [4.78, 5) is 12.3. The summed E-state index contributed by atoms with van der Waals surface area (Å²) >= 11 is 0. The molecule has 2 aromatic carbocycles. The van der Waals surface area contributed by atoms with Crippen LogP contribution in [0, 0.1) is 6.92 Å². The predicted molar refractivity (Wildman–Crippen MR) is 89.4 cm³/mol. The van der Waals surface area contributed by atoms with Crippen LogP contribution in [0.2, 0.25) is 0 Å². The first-order valence-electron chi connectivity index (χ1n) is 7.30. The second kappa shape index (κ2) is 7.54. The standard InChI is InChI=1S/C18H21NO4/c1-12-7-5-6-8-15(12)23-13(2)18(20)19-14-9-10-16(21-3)17(11-14)22-4/h5-11,13H,1-4H3,(H,19,20)/t13-/m1/s1. The molecule has 2 rings (SSSR count). The maximum absolute atomic E-state index is 12.3. The van der Waals surface area contributed by atoms with E-state index in [0.29, 0.717) is 22.9 Å². The van der Waals surface area contributed by atoms with E-state index in [1.165, 1.54) is 0 Å². The first-order valence-corrected chi connectivity index (χ1v) is 7.30. The first kappa shape index (κ1) is 16.7. The zero-order valence-electron chi connectivity index (χ0n) is 13.8. The Labute approximate surface area is 136 Å². The van der Waals surface area contributed by atoms with Crippen molar-refractivity contribution in [2.75, 3.05) is 19.5 Å². The van der Waals surface area contributed by atoms with E-state index in [9.17, 15) is 4.79 Å². The molecule has 0 aliphatic heterocycles. The molecule has 2 aromatic rings. The van der Waals surface area contributed by atoms with E-state index in [0.717, 1.165) is 5.56 Å². The SMILES string of the molecule is COc1ccc(NC(=O)[C@@H](C)Oc2ccccc2C)cc1OC. The van der Waals surface area contributed by atoms with Crippen molar-refractivity contribution in [3.8, 4) is 17.2 Å². The molecule has 0 saturated heterocycles. The van der Waals surface area contributed by atoms with Gasteiger partial charge in [0.1, 0.15) is 5.75 Å². The van der Waals surface area contributed by atoms with Crippen molar-refractivity contribution >= 4 is 11.6 Å². The Hall–Kier alpha value is -2.69. The fraction of sp³-hybridized carbons (Fsp3) is 0.278. The van der Waals surface area contributed by atoms with E-state index in [1.54, 1.807) is 39.3 Å². The largest absolute Gasteiger partial charge is 0.493 e. The number of anilines is 1. The second-order valence-electron chi connectivity index (χ2n) is 5.08. The molecule has 0 bridgehead atoms. The summed E-state index contributed by atoms with van der Waals surface area (Å²) < 4.78 is 16.1. The highest BCUT2D eigenvalue weighted by Gasteiger charge is 2.16. The lowest BCUT2D eigenvalue weighted by atomic mass is 10.2. The highest BCUT2D eigenvalue weighted by molar-refractivity contribution is 5.94. The lowest BCUT2D eigenvalue weighted by Gasteiger charge is -2.17. The van der Waals surface area contributed by atoms with Crippen LogP contribution in [0.5, 0.6) is 17.2 Å². The number of amides is 1. The number of rotatable bonds is 6. The molecule has 0 saturated carbocycles. The average molecular weight is 315 g/mol. The van der Waals surface area contributed by atoms with Crippen LogP contribution in [-0.4, -0.2) is 26.2 Å². The fourth-order valence-electron chi connectivity index (χ4n) is 2.09. The van der Waals surface area contributed by atoms with Gasteiger partial charge in [-0.15, -0.1) is 0 Å². The van der Waals surface area contributed by atoms with Gasteiger partial charge in [0.05, 0.1) is 14.2 Å². The molecule has 1 atom stereocenters. The Balaban J connectivity index is 2.05. The minimum atomic E-state index is -0.621. The van der Waals surface area contributed by atoms with Gasteiger partial charge in [-0.05, 0) is 37.6 Å². The molecule has 0 aromatic heterocycles. The molecule has 0 unspecified atom stereocenters. The highest BCUT2D eigenvalue weighted by atomic mass is 16.5. The zero-order chi connectivity index (χ0) is 16.8. The predicted octanol–water partition coefficient (Wildman–Crippen LogP) is 3.42. The number of methoxy groups -OCH3 is 2. The van der Waals surface area contributed by atoms with Crippen LogP contribution in [-0.2, 0) is 4.79 Å². The van der Waals surface area contributed by atoms with Gasteiger partial charge in [-0.1, -0.05) is 18.2 Å². The van der Waals surface area contributed by atoms with Crippen molar-refractivity contribution in [2.45, 2.75) is 20.0 Å². The number of ether oxygens (including phenoxy) is 3. The van der Waals surface area contributed by atoms with Crippen molar-refractivity contribution in [3.05, 3.63) is 48.0 Å². The first-order chi connectivity index (χ1) is 11.0. The van der Waals surface area contributed by atoms with E-state index in [4.69, 9.17) is 14.2 Å². The van der Waals surface area contributed by atoms with E-state index in [-0.39, 0.29) is 5.91 Å². The third kappa shape index (κ3) is 4.16. The second-order valence-corrected chi connectivity index (χ2v) is 5.08. The van der Waals surface area contributed by atoms with Gasteiger partial charge in [-0.3, -0.25) is 4.79 Å². The van der Waals surface area contributed by atoms with E-state index >= 15 is 0 Å². The molecular weight excluding hydrogens is 294 g/mol. The van der Waals surface area contributed by atoms with Crippen LogP contribution in [0.25, 0.3) is 0 Å². The van der Waals surface area contributed by atoms with Gasteiger partial charge in [0, 0.05) is 11.8 Å². The monoisotopic (exact) mass is 315 g/mol. The Morgan fingerprint density at radius 1 is 1.00 bits per heavy atom. The van der Waals surface area contributed by atoms with Gasteiger partial charge in [0.15, 0.2) is 17.6 Å². The number of carbonyl (C=O) groups is 1. The summed E-state index contributed by atoms with van der Waals surface area (Å²) in [7, 11) is 3.11. The van der Waals surface area contributed by atoms with Crippen LogP contribution in [0.1, 0.15) is 12.5 Å².